The first-order chi connectivity index (χ1) is 16.2. The molecule has 33 heavy (non-hydrogen) atoms. The summed E-state index contributed by atoms with van der Waals surface area (Å²) in [7, 11) is 0. The number of rotatable bonds is 8. The van der Waals surface area contributed by atoms with Gasteiger partial charge in [-0.1, -0.05) is 11.8 Å². The molecular weight excluding hydrogens is 458 g/mol. The Bertz CT molecular complexity index is 1420. The van der Waals surface area contributed by atoms with Crippen LogP contribution in [0.1, 0.15) is 19.7 Å². The van der Waals surface area contributed by atoms with Crippen LogP contribution in [-0.2, 0) is 5.75 Å². The number of nitrogens with one attached hydrogen (secondary N) is 1. The van der Waals surface area contributed by atoms with E-state index in [0.29, 0.717) is 38.7 Å². The molecule has 0 radical (unpaired) electrons. The van der Waals surface area contributed by atoms with Gasteiger partial charge in [-0.15, -0.1) is 21.5 Å². The first-order valence-electron chi connectivity index (χ1n) is 10.5. The molecule has 0 fully saturated rings. The van der Waals surface area contributed by atoms with Gasteiger partial charge in [0.05, 0.1) is 17.4 Å². The summed E-state index contributed by atoms with van der Waals surface area (Å²) in [6, 6.07) is 11.7. The smallest absolute Gasteiger partial charge is 0.277 e. The number of fused-ring (bicyclic) bond motifs is 1. The number of thiophene rings is 1. The van der Waals surface area contributed by atoms with Crippen molar-refractivity contribution in [1.29, 1.82) is 0 Å². The topological polar surface area (TPSA) is 101 Å². The molecule has 0 saturated carbocycles. The zero-order valence-electron chi connectivity index (χ0n) is 18.1. The molecular formula is C23H21N5O3S2. The van der Waals surface area contributed by atoms with Gasteiger partial charge in [-0.05, 0) is 50.2 Å². The Kier molecular flexibility index (Phi) is 6.01. The fourth-order valence-electron chi connectivity index (χ4n) is 3.59. The highest BCUT2D eigenvalue weighted by molar-refractivity contribution is 7.98. The summed E-state index contributed by atoms with van der Waals surface area (Å²) in [6.45, 7) is 6.17. The number of aromatic amines is 1. The lowest BCUT2D eigenvalue weighted by atomic mass is 10.2. The van der Waals surface area contributed by atoms with Gasteiger partial charge in [-0.3, -0.25) is 4.79 Å². The van der Waals surface area contributed by atoms with Crippen molar-refractivity contribution in [1.82, 2.24) is 20.2 Å². The third-order valence-electron chi connectivity index (χ3n) is 5.26. The van der Waals surface area contributed by atoms with Crippen molar-refractivity contribution >= 4 is 39.0 Å². The Morgan fingerprint density at radius 3 is 2.67 bits per heavy atom. The average Bonchev–Trinajstić information content (AvgIpc) is 3.59. The maximum absolute atomic E-state index is 12.7. The van der Waals surface area contributed by atoms with Crippen LogP contribution in [0.25, 0.3) is 33.0 Å². The molecule has 10 heteroatoms. The van der Waals surface area contributed by atoms with E-state index in [9.17, 15) is 4.79 Å². The van der Waals surface area contributed by atoms with Gasteiger partial charge in [-0.2, -0.15) is 0 Å². The number of hydrogen-bond donors (Lipinski definition) is 1. The number of nitrogens with zero attached hydrogens (tertiary/aromatic N) is 4. The zero-order valence-corrected chi connectivity index (χ0v) is 19.7. The molecule has 0 spiro atoms. The maximum Gasteiger partial charge on any atom is 0.277 e. The Labute approximate surface area is 197 Å². The Morgan fingerprint density at radius 2 is 1.94 bits per heavy atom. The lowest BCUT2D eigenvalue weighted by Gasteiger charge is -2.20. The normalized spacial score (nSPS) is 11.3. The summed E-state index contributed by atoms with van der Waals surface area (Å²) in [6.07, 6.45) is 1.59. The van der Waals surface area contributed by atoms with Crippen LogP contribution in [-0.4, -0.2) is 33.3 Å². The van der Waals surface area contributed by atoms with E-state index in [1.165, 1.54) is 23.1 Å². The standard InChI is InChI=1S/C23H21N5O3S2/c1-3-28(4-2)15-9-7-14(8-10-15)21-26-27-23(31-21)33-13-18-24-20(29)19-16(12-32-22(19)25-18)17-6-5-11-30-17/h5-12H,3-4,13H2,1-2H3,(H,24,25,29). The number of furan rings is 1. The first kappa shape index (κ1) is 21.5. The lowest BCUT2D eigenvalue weighted by molar-refractivity contribution is 0.465. The summed E-state index contributed by atoms with van der Waals surface area (Å²) in [5, 5.41) is 11.1. The molecule has 0 unspecified atom stereocenters. The van der Waals surface area contributed by atoms with Crippen molar-refractivity contribution in [3.05, 3.63) is 64.2 Å². The van der Waals surface area contributed by atoms with E-state index in [1.807, 2.05) is 23.6 Å². The molecule has 1 N–H and O–H groups in total. The van der Waals surface area contributed by atoms with Gasteiger partial charge in [-0.25, -0.2) is 4.98 Å². The van der Waals surface area contributed by atoms with Crippen LogP contribution in [0.5, 0.6) is 0 Å². The number of thioether (sulfide) groups is 1. The molecule has 4 aromatic heterocycles. The van der Waals surface area contributed by atoms with Crippen LogP contribution < -0.4 is 10.5 Å². The molecule has 1 aromatic carbocycles. The third-order valence-corrected chi connectivity index (χ3v) is 6.96. The van der Waals surface area contributed by atoms with Crippen LogP contribution >= 0.6 is 23.1 Å². The van der Waals surface area contributed by atoms with Crippen LogP contribution in [0.4, 0.5) is 5.69 Å². The highest BCUT2D eigenvalue weighted by Gasteiger charge is 2.16. The predicted molar refractivity (Wildman–Crippen MR) is 131 cm³/mol. The molecule has 0 aliphatic heterocycles. The van der Waals surface area contributed by atoms with Gasteiger partial charge >= 0.3 is 0 Å². The quantitative estimate of drug-likeness (QED) is 0.294. The fourth-order valence-corrected chi connectivity index (χ4v) is 5.17. The van der Waals surface area contributed by atoms with E-state index in [0.717, 1.165) is 29.9 Å². The summed E-state index contributed by atoms with van der Waals surface area (Å²) < 4.78 is 11.2. The molecule has 168 valence electrons. The van der Waals surface area contributed by atoms with Crippen molar-refractivity contribution in [2.24, 2.45) is 0 Å². The van der Waals surface area contributed by atoms with Gasteiger partial charge in [0.1, 0.15) is 16.4 Å². The van der Waals surface area contributed by atoms with Crippen molar-refractivity contribution in [2.45, 2.75) is 24.8 Å². The third kappa shape index (κ3) is 4.31. The SMILES string of the molecule is CCN(CC)c1ccc(-c2nnc(SCc3nc4scc(-c5ccco5)c4c(=O)[nH]3)o2)cc1. The number of benzene rings is 1. The van der Waals surface area contributed by atoms with Crippen molar-refractivity contribution in [3.8, 4) is 22.8 Å². The van der Waals surface area contributed by atoms with E-state index >= 15 is 0 Å². The highest BCUT2D eigenvalue weighted by atomic mass is 32.2. The zero-order chi connectivity index (χ0) is 22.8. The van der Waals surface area contributed by atoms with Crippen LogP contribution in [0.15, 0.2) is 66.9 Å². The Balaban J connectivity index is 1.30. The molecule has 8 nitrogen and oxygen atoms in total. The Hall–Kier alpha value is -3.37. The van der Waals surface area contributed by atoms with Crippen LogP contribution in [0.2, 0.25) is 0 Å². The molecule has 5 rings (SSSR count). The average molecular weight is 480 g/mol. The van der Waals surface area contributed by atoms with E-state index in [2.05, 4.69) is 51.0 Å². The summed E-state index contributed by atoms with van der Waals surface area (Å²) >= 11 is 2.75. The van der Waals surface area contributed by atoms with E-state index in [-0.39, 0.29) is 5.56 Å². The lowest BCUT2D eigenvalue weighted by Crippen LogP contribution is -2.21. The number of anilines is 1. The number of hydrogen-bond acceptors (Lipinski definition) is 9. The van der Waals surface area contributed by atoms with Gasteiger partial charge < -0.3 is 18.7 Å². The van der Waals surface area contributed by atoms with E-state index in [4.69, 9.17) is 8.83 Å². The molecule has 4 heterocycles. The fraction of sp³-hybridized carbons (Fsp3) is 0.217. The monoisotopic (exact) mass is 479 g/mol. The molecule has 0 aliphatic rings. The Morgan fingerprint density at radius 1 is 1.12 bits per heavy atom. The number of aromatic nitrogens is 4. The van der Waals surface area contributed by atoms with E-state index < -0.39 is 0 Å². The van der Waals surface area contributed by atoms with Crippen LogP contribution in [0, 0.1) is 0 Å². The maximum atomic E-state index is 12.7. The van der Waals surface area contributed by atoms with E-state index in [1.54, 1.807) is 12.3 Å². The highest BCUT2D eigenvalue weighted by Crippen LogP contribution is 2.32. The minimum atomic E-state index is -0.192. The van der Waals surface area contributed by atoms with Gasteiger partial charge in [0, 0.05) is 35.3 Å². The molecule has 5 aromatic rings. The van der Waals surface area contributed by atoms with Gasteiger partial charge in [0.2, 0.25) is 5.89 Å². The minimum absolute atomic E-state index is 0.192. The molecule has 0 bridgehead atoms. The summed E-state index contributed by atoms with van der Waals surface area (Å²) in [5.41, 5.74) is 2.58. The summed E-state index contributed by atoms with van der Waals surface area (Å²) in [4.78, 5) is 23.1. The minimum Gasteiger partial charge on any atom is -0.464 e. The predicted octanol–water partition coefficient (Wildman–Crippen LogP) is 5.43. The second-order valence-corrected chi connectivity index (χ2v) is 8.99. The second-order valence-electron chi connectivity index (χ2n) is 7.20. The molecule has 0 amide bonds. The first-order valence-corrected chi connectivity index (χ1v) is 12.4. The largest absolute Gasteiger partial charge is 0.464 e. The van der Waals surface area contributed by atoms with Crippen molar-refractivity contribution in [3.63, 3.8) is 0 Å². The summed E-state index contributed by atoms with van der Waals surface area (Å²) in [5.74, 6) is 2.07. The molecule has 0 saturated heterocycles. The van der Waals surface area contributed by atoms with Gasteiger partial charge in [0.15, 0.2) is 0 Å². The molecule has 0 atom stereocenters. The van der Waals surface area contributed by atoms with Crippen LogP contribution in [0.3, 0.4) is 0 Å². The van der Waals surface area contributed by atoms with Gasteiger partial charge in [0.25, 0.3) is 10.8 Å². The second kappa shape index (κ2) is 9.24. The number of H-pyrrole nitrogens is 1. The van der Waals surface area contributed by atoms with Crippen molar-refractivity contribution in [2.75, 3.05) is 18.0 Å². The molecule has 0 aliphatic carbocycles. The van der Waals surface area contributed by atoms with Crippen molar-refractivity contribution < 1.29 is 8.83 Å².